The molecule has 0 saturated heterocycles. The summed E-state index contributed by atoms with van der Waals surface area (Å²) in [4.78, 5) is 17.9. The lowest BCUT2D eigenvalue weighted by atomic mass is 10.2. The van der Waals surface area contributed by atoms with Crippen molar-refractivity contribution in [2.75, 3.05) is 12.0 Å². The van der Waals surface area contributed by atoms with Crippen LogP contribution in [0.15, 0.2) is 79.0 Å². The molecular formula is C26H26N6OS. The smallest absolute Gasteiger partial charge is 0.221 e. The zero-order chi connectivity index (χ0) is 23.3. The number of aromatic nitrogens is 5. The lowest BCUT2D eigenvalue weighted by Crippen LogP contribution is -2.30. The molecule has 0 spiro atoms. The van der Waals surface area contributed by atoms with Gasteiger partial charge in [0, 0.05) is 24.7 Å². The molecule has 0 aliphatic carbocycles. The van der Waals surface area contributed by atoms with Gasteiger partial charge in [-0.25, -0.2) is 4.98 Å². The SMILES string of the molecule is CSCCC(NC(=O)CCc1nc2ccccc2n1-c1ccccc1)c1nnc2ccccn12. The Bertz CT molecular complexity index is 1410. The fourth-order valence-corrected chi connectivity index (χ4v) is 4.67. The van der Waals surface area contributed by atoms with Crippen LogP contribution < -0.4 is 5.32 Å². The molecule has 172 valence electrons. The van der Waals surface area contributed by atoms with E-state index in [1.807, 2.05) is 65.2 Å². The molecule has 7 nitrogen and oxygen atoms in total. The molecule has 34 heavy (non-hydrogen) atoms. The van der Waals surface area contributed by atoms with E-state index in [2.05, 4.69) is 44.5 Å². The van der Waals surface area contributed by atoms with Crippen LogP contribution in [0.1, 0.15) is 30.5 Å². The number of aryl methyl sites for hydroxylation is 1. The molecule has 5 aromatic rings. The van der Waals surface area contributed by atoms with E-state index in [0.29, 0.717) is 12.8 Å². The number of carbonyl (C=O) groups is 1. The van der Waals surface area contributed by atoms with E-state index >= 15 is 0 Å². The number of benzene rings is 2. The van der Waals surface area contributed by atoms with Crippen molar-refractivity contribution in [1.29, 1.82) is 0 Å². The molecule has 0 bridgehead atoms. The second kappa shape index (κ2) is 10.1. The monoisotopic (exact) mass is 470 g/mol. The van der Waals surface area contributed by atoms with Crippen LogP contribution in [0.5, 0.6) is 0 Å². The number of hydrogen-bond donors (Lipinski definition) is 1. The standard InChI is InChI=1S/C26H26N6OS/c1-34-18-16-21(26-30-29-24-13-7-8-17-31(24)26)28-25(33)15-14-23-27-20-11-5-6-12-22(20)32(23)19-9-3-2-4-10-19/h2-13,17,21H,14-16,18H2,1H3,(H,28,33). The van der Waals surface area contributed by atoms with Gasteiger partial charge in [-0.2, -0.15) is 11.8 Å². The van der Waals surface area contributed by atoms with Gasteiger partial charge in [-0.15, -0.1) is 10.2 Å². The Morgan fingerprint density at radius 2 is 1.79 bits per heavy atom. The molecule has 0 aliphatic heterocycles. The molecule has 0 saturated carbocycles. The van der Waals surface area contributed by atoms with E-state index in [4.69, 9.17) is 4.98 Å². The first-order chi connectivity index (χ1) is 16.7. The van der Waals surface area contributed by atoms with Crippen LogP contribution in [-0.4, -0.2) is 42.1 Å². The lowest BCUT2D eigenvalue weighted by molar-refractivity contribution is -0.121. The van der Waals surface area contributed by atoms with E-state index in [9.17, 15) is 4.79 Å². The van der Waals surface area contributed by atoms with Crippen molar-refractivity contribution in [2.24, 2.45) is 0 Å². The maximum Gasteiger partial charge on any atom is 0.221 e. The number of pyridine rings is 1. The second-order valence-corrected chi connectivity index (χ2v) is 9.06. The zero-order valence-electron chi connectivity index (χ0n) is 19.0. The summed E-state index contributed by atoms with van der Waals surface area (Å²) in [6.07, 6.45) is 5.65. The lowest BCUT2D eigenvalue weighted by Gasteiger charge is -2.17. The van der Waals surface area contributed by atoms with Crippen LogP contribution in [0.25, 0.3) is 22.4 Å². The van der Waals surface area contributed by atoms with Crippen LogP contribution in [-0.2, 0) is 11.2 Å². The predicted molar refractivity (Wildman–Crippen MR) is 136 cm³/mol. The zero-order valence-corrected chi connectivity index (χ0v) is 19.8. The Labute approximate surface area is 202 Å². The number of hydrogen-bond acceptors (Lipinski definition) is 5. The third kappa shape index (κ3) is 4.54. The largest absolute Gasteiger partial charge is 0.346 e. The molecule has 0 fully saturated rings. The average Bonchev–Trinajstić information content (AvgIpc) is 3.47. The normalized spacial score (nSPS) is 12.3. The van der Waals surface area contributed by atoms with Gasteiger partial charge in [0.25, 0.3) is 0 Å². The van der Waals surface area contributed by atoms with E-state index in [1.54, 1.807) is 11.8 Å². The van der Waals surface area contributed by atoms with E-state index in [1.165, 1.54) is 0 Å². The van der Waals surface area contributed by atoms with E-state index in [-0.39, 0.29) is 11.9 Å². The highest BCUT2D eigenvalue weighted by Gasteiger charge is 2.21. The van der Waals surface area contributed by atoms with Gasteiger partial charge in [-0.1, -0.05) is 36.4 Å². The summed E-state index contributed by atoms with van der Waals surface area (Å²) in [6, 6.07) is 23.8. The molecule has 5 rings (SSSR count). The number of nitrogens with one attached hydrogen (secondary N) is 1. The molecule has 0 radical (unpaired) electrons. The van der Waals surface area contributed by atoms with Gasteiger partial charge in [0.1, 0.15) is 5.82 Å². The molecule has 1 unspecified atom stereocenters. The van der Waals surface area contributed by atoms with Gasteiger partial charge in [-0.05, 0) is 54.8 Å². The summed E-state index contributed by atoms with van der Waals surface area (Å²) >= 11 is 1.75. The van der Waals surface area contributed by atoms with Crippen LogP contribution in [0.4, 0.5) is 0 Å². The van der Waals surface area contributed by atoms with E-state index in [0.717, 1.165) is 46.2 Å². The summed E-state index contributed by atoms with van der Waals surface area (Å²) in [5.74, 6) is 2.52. The molecule has 3 heterocycles. The van der Waals surface area contributed by atoms with Gasteiger partial charge in [0.2, 0.25) is 5.91 Å². The minimum Gasteiger partial charge on any atom is -0.346 e. The van der Waals surface area contributed by atoms with Crippen molar-refractivity contribution in [3.05, 3.63) is 90.6 Å². The minimum absolute atomic E-state index is 0.0227. The highest BCUT2D eigenvalue weighted by molar-refractivity contribution is 7.98. The van der Waals surface area contributed by atoms with Crippen LogP contribution >= 0.6 is 11.8 Å². The Hall–Kier alpha value is -3.65. The van der Waals surface area contributed by atoms with Crippen molar-refractivity contribution in [1.82, 2.24) is 29.5 Å². The van der Waals surface area contributed by atoms with Crippen LogP contribution in [0.2, 0.25) is 0 Å². The Morgan fingerprint density at radius 3 is 2.65 bits per heavy atom. The van der Waals surface area contributed by atoms with Crippen molar-refractivity contribution >= 4 is 34.3 Å². The number of nitrogens with zero attached hydrogens (tertiary/aromatic N) is 5. The number of rotatable bonds is 9. The maximum absolute atomic E-state index is 13.1. The first kappa shape index (κ1) is 22.2. The fourth-order valence-electron chi connectivity index (χ4n) is 4.20. The third-order valence-electron chi connectivity index (χ3n) is 5.82. The number of imidazole rings is 1. The minimum atomic E-state index is -0.203. The van der Waals surface area contributed by atoms with Gasteiger partial charge in [0.15, 0.2) is 11.5 Å². The molecule has 2 aromatic carbocycles. The van der Waals surface area contributed by atoms with Gasteiger partial charge in [0.05, 0.1) is 17.1 Å². The average molecular weight is 471 g/mol. The topological polar surface area (TPSA) is 77.1 Å². The van der Waals surface area contributed by atoms with Crippen molar-refractivity contribution in [3.8, 4) is 5.69 Å². The molecule has 1 atom stereocenters. The predicted octanol–water partition coefficient (Wildman–Crippen LogP) is 4.61. The number of fused-ring (bicyclic) bond motifs is 2. The number of amides is 1. The summed E-state index contributed by atoms with van der Waals surface area (Å²) in [5.41, 5.74) is 3.78. The molecule has 1 N–H and O–H groups in total. The maximum atomic E-state index is 13.1. The van der Waals surface area contributed by atoms with Gasteiger partial charge >= 0.3 is 0 Å². The third-order valence-corrected chi connectivity index (χ3v) is 6.46. The first-order valence-corrected chi connectivity index (χ1v) is 12.7. The highest BCUT2D eigenvalue weighted by Crippen LogP contribution is 2.23. The Morgan fingerprint density at radius 1 is 1.00 bits per heavy atom. The van der Waals surface area contributed by atoms with Gasteiger partial charge < -0.3 is 5.32 Å². The summed E-state index contributed by atoms with van der Waals surface area (Å²) < 4.78 is 4.08. The molecule has 0 aliphatic rings. The summed E-state index contributed by atoms with van der Waals surface area (Å²) in [5, 5.41) is 11.8. The molecule has 1 amide bonds. The number of carbonyl (C=O) groups excluding carboxylic acids is 1. The Balaban J connectivity index is 1.36. The fraction of sp³-hybridized carbons (Fsp3) is 0.231. The molecular weight excluding hydrogens is 444 g/mol. The van der Waals surface area contributed by atoms with Crippen molar-refractivity contribution in [2.45, 2.75) is 25.3 Å². The summed E-state index contributed by atoms with van der Waals surface area (Å²) in [7, 11) is 0. The van der Waals surface area contributed by atoms with Crippen LogP contribution in [0.3, 0.4) is 0 Å². The van der Waals surface area contributed by atoms with Crippen molar-refractivity contribution in [3.63, 3.8) is 0 Å². The van der Waals surface area contributed by atoms with Crippen molar-refractivity contribution < 1.29 is 4.79 Å². The number of para-hydroxylation sites is 3. The number of thioether (sulfide) groups is 1. The van der Waals surface area contributed by atoms with Gasteiger partial charge in [-0.3, -0.25) is 13.8 Å². The highest BCUT2D eigenvalue weighted by atomic mass is 32.2. The Kier molecular flexibility index (Phi) is 6.58. The quantitative estimate of drug-likeness (QED) is 0.340. The first-order valence-electron chi connectivity index (χ1n) is 11.3. The second-order valence-electron chi connectivity index (χ2n) is 8.08. The van der Waals surface area contributed by atoms with Crippen LogP contribution in [0, 0.1) is 0 Å². The molecule has 3 aromatic heterocycles. The molecule has 8 heteroatoms. The van der Waals surface area contributed by atoms with E-state index < -0.39 is 0 Å². The summed E-state index contributed by atoms with van der Waals surface area (Å²) in [6.45, 7) is 0.